The zero-order chi connectivity index (χ0) is 18.8. The molecule has 0 bridgehead atoms. The maximum absolute atomic E-state index is 12.4. The summed E-state index contributed by atoms with van der Waals surface area (Å²) < 4.78 is 15.6. The summed E-state index contributed by atoms with van der Waals surface area (Å²) in [5.41, 5.74) is 0.749. The number of aliphatic hydroxyl groups is 3. The quantitative estimate of drug-likeness (QED) is 0.680. The third-order valence-electron chi connectivity index (χ3n) is 4.66. The van der Waals surface area contributed by atoms with Crippen molar-refractivity contribution in [3.05, 3.63) is 42.0 Å². The smallest absolute Gasteiger partial charge is 0.315 e. The molecule has 0 amide bonds. The topological polar surface area (TPSA) is 105 Å². The first-order valence-corrected chi connectivity index (χ1v) is 8.35. The van der Waals surface area contributed by atoms with Crippen molar-refractivity contribution in [3.8, 4) is 5.75 Å². The molecule has 0 aromatic heterocycles. The van der Waals surface area contributed by atoms with Crippen LogP contribution >= 0.6 is 0 Å². The van der Waals surface area contributed by atoms with Crippen LogP contribution in [0, 0.1) is 0 Å². The van der Waals surface area contributed by atoms with Crippen LogP contribution in [-0.2, 0) is 14.3 Å². The summed E-state index contributed by atoms with van der Waals surface area (Å²) in [6, 6.07) is 11.3. The van der Waals surface area contributed by atoms with Crippen LogP contribution in [-0.4, -0.2) is 59.6 Å². The number of ether oxygens (including phenoxy) is 3. The lowest BCUT2D eigenvalue weighted by atomic mass is 9.98. The van der Waals surface area contributed by atoms with Gasteiger partial charge < -0.3 is 29.5 Å². The SMILES string of the molecule is COc1ccc2cc(C(C)C(=O)OC3O[C@H](CO)[C@@H](O)[C@H]3O)ccc2c1. The Morgan fingerprint density at radius 3 is 2.50 bits per heavy atom. The Kier molecular flexibility index (Phi) is 5.43. The van der Waals surface area contributed by atoms with Gasteiger partial charge in [0.15, 0.2) is 0 Å². The average Bonchev–Trinajstić information content (AvgIpc) is 2.94. The van der Waals surface area contributed by atoms with E-state index in [0.29, 0.717) is 0 Å². The molecule has 26 heavy (non-hydrogen) atoms. The van der Waals surface area contributed by atoms with Crippen molar-refractivity contribution in [2.24, 2.45) is 0 Å². The van der Waals surface area contributed by atoms with Crippen molar-refractivity contribution in [1.82, 2.24) is 0 Å². The highest BCUT2D eigenvalue weighted by Gasteiger charge is 2.45. The Morgan fingerprint density at radius 2 is 1.85 bits per heavy atom. The number of rotatable bonds is 5. The number of hydrogen-bond donors (Lipinski definition) is 3. The van der Waals surface area contributed by atoms with Crippen LogP contribution < -0.4 is 4.74 Å². The van der Waals surface area contributed by atoms with Crippen LogP contribution in [0.3, 0.4) is 0 Å². The molecule has 1 fully saturated rings. The van der Waals surface area contributed by atoms with Crippen LogP contribution in [0.1, 0.15) is 18.4 Å². The third-order valence-corrected chi connectivity index (χ3v) is 4.66. The zero-order valence-corrected chi connectivity index (χ0v) is 14.5. The first-order chi connectivity index (χ1) is 12.4. The fourth-order valence-electron chi connectivity index (χ4n) is 2.95. The second-order valence-electron chi connectivity index (χ2n) is 6.34. The van der Waals surface area contributed by atoms with Gasteiger partial charge in [-0.15, -0.1) is 0 Å². The van der Waals surface area contributed by atoms with Crippen LogP contribution in [0.5, 0.6) is 5.75 Å². The van der Waals surface area contributed by atoms with Gasteiger partial charge in [-0.1, -0.05) is 24.3 Å². The standard InChI is InChI=1S/C19H22O7/c1-10(18(23)26-19-17(22)16(21)15(9-20)25-19)11-3-4-13-8-14(24-2)6-5-12(13)7-11/h3-8,10,15-17,19-22H,9H2,1-2H3/t10?,15-,16-,17-,19?/m1/s1. The summed E-state index contributed by atoms with van der Waals surface area (Å²) >= 11 is 0. The summed E-state index contributed by atoms with van der Waals surface area (Å²) in [6.45, 7) is 1.21. The maximum atomic E-state index is 12.4. The van der Waals surface area contributed by atoms with Crippen LogP contribution in [0.4, 0.5) is 0 Å². The Morgan fingerprint density at radius 1 is 1.15 bits per heavy atom. The van der Waals surface area contributed by atoms with E-state index in [1.54, 1.807) is 14.0 Å². The minimum atomic E-state index is -1.40. The monoisotopic (exact) mass is 362 g/mol. The third kappa shape index (κ3) is 3.52. The Bertz CT molecular complexity index is 791. The number of benzene rings is 2. The number of methoxy groups -OCH3 is 1. The average molecular weight is 362 g/mol. The van der Waals surface area contributed by atoms with Crippen LogP contribution in [0.15, 0.2) is 36.4 Å². The first kappa shape index (κ1) is 18.6. The number of carbonyl (C=O) groups excluding carboxylic acids is 1. The number of esters is 1. The molecule has 3 rings (SSSR count). The molecule has 140 valence electrons. The molecular weight excluding hydrogens is 340 g/mol. The van der Waals surface area contributed by atoms with Gasteiger partial charge in [0.1, 0.15) is 24.1 Å². The number of aliphatic hydroxyl groups excluding tert-OH is 3. The summed E-state index contributed by atoms with van der Waals surface area (Å²) in [5.74, 6) is -0.433. The van der Waals surface area contributed by atoms with Gasteiger partial charge >= 0.3 is 5.97 Å². The Hall–Kier alpha value is -2.19. The predicted octanol–water partition coefficient (Wildman–Crippen LogP) is 0.934. The zero-order valence-electron chi connectivity index (χ0n) is 14.5. The second-order valence-corrected chi connectivity index (χ2v) is 6.34. The molecule has 7 heteroatoms. The second kappa shape index (κ2) is 7.59. The molecule has 1 saturated heterocycles. The highest BCUT2D eigenvalue weighted by Crippen LogP contribution is 2.28. The van der Waals surface area contributed by atoms with Crippen molar-refractivity contribution >= 4 is 16.7 Å². The van der Waals surface area contributed by atoms with Gasteiger partial charge in [-0.3, -0.25) is 4.79 Å². The van der Waals surface area contributed by atoms with Gasteiger partial charge in [0.05, 0.1) is 19.6 Å². The molecule has 1 aliphatic heterocycles. The highest BCUT2D eigenvalue weighted by atomic mass is 16.7. The van der Waals surface area contributed by atoms with Gasteiger partial charge in [0, 0.05) is 0 Å². The molecule has 1 heterocycles. The van der Waals surface area contributed by atoms with Gasteiger partial charge in [0.25, 0.3) is 0 Å². The largest absolute Gasteiger partial charge is 0.497 e. The minimum Gasteiger partial charge on any atom is -0.497 e. The molecule has 7 nitrogen and oxygen atoms in total. The highest BCUT2D eigenvalue weighted by molar-refractivity contribution is 5.86. The van der Waals surface area contributed by atoms with Gasteiger partial charge in [0.2, 0.25) is 6.29 Å². The Labute approximate surface area is 150 Å². The maximum Gasteiger partial charge on any atom is 0.315 e. The molecule has 0 radical (unpaired) electrons. The minimum absolute atomic E-state index is 0.476. The van der Waals surface area contributed by atoms with Crippen molar-refractivity contribution in [2.45, 2.75) is 37.4 Å². The molecule has 2 aromatic rings. The number of hydrogen-bond acceptors (Lipinski definition) is 7. The molecule has 0 saturated carbocycles. The van der Waals surface area contributed by atoms with Crippen molar-refractivity contribution in [1.29, 1.82) is 0 Å². The summed E-state index contributed by atoms with van der Waals surface area (Å²) in [6.07, 6.45) is -4.98. The van der Waals surface area contributed by atoms with E-state index in [1.807, 2.05) is 36.4 Å². The fourth-order valence-corrected chi connectivity index (χ4v) is 2.95. The van der Waals surface area contributed by atoms with E-state index >= 15 is 0 Å². The summed E-state index contributed by atoms with van der Waals surface area (Å²) in [5, 5.41) is 30.6. The van der Waals surface area contributed by atoms with E-state index in [0.717, 1.165) is 22.1 Å². The lowest BCUT2D eigenvalue weighted by Gasteiger charge is -2.19. The normalized spacial score (nSPS) is 26.7. The van der Waals surface area contributed by atoms with E-state index in [9.17, 15) is 15.0 Å². The van der Waals surface area contributed by atoms with E-state index in [1.165, 1.54) is 0 Å². The molecule has 5 atom stereocenters. The van der Waals surface area contributed by atoms with Crippen LogP contribution in [0.25, 0.3) is 10.8 Å². The predicted molar refractivity (Wildman–Crippen MR) is 92.8 cm³/mol. The summed E-state index contributed by atoms with van der Waals surface area (Å²) in [4.78, 5) is 12.4. The van der Waals surface area contributed by atoms with Crippen molar-refractivity contribution in [2.75, 3.05) is 13.7 Å². The van der Waals surface area contributed by atoms with Crippen molar-refractivity contribution in [3.63, 3.8) is 0 Å². The number of fused-ring (bicyclic) bond motifs is 1. The van der Waals surface area contributed by atoms with Crippen LogP contribution in [0.2, 0.25) is 0 Å². The Balaban J connectivity index is 1.73. The van der Waals surface area contributed by atoms with E-state index in [-0.39, 0.29) is 0 Å². The first-order valence-electron chi connectivity index (χ1n) is 8.35. The van der Waals surface area contributed by atoms with Gasteiger partial charge in [-0.2, -0.15) is 0 Å². The van der Waals surface area contributed by atoms with E-state index in [2.05, 4.69) is 0 Å². The van der Waals surface area contributed by atoms with E-state index in [4.69, 9.17) is 19.3 Å². The molecule has 0 aliphatic carbocycles. The molecule has 1 aliphatic rings. The molecule has 2 aromatic carbocycles. The lowest BCUT2D eigenvalue weighted by molar-refractivity contribution is -0.191. The molecule has 3 N–H and O–H groups in total. The summed E-state index contributed by atoms with van der Waals surface area (Å²) in [7, 11) is 1.60. The van der Waals surface area contributed by atoms with E-state index < -0.39 is 43.1 Å². The van der Waals surface area contributed by atoms with Crippen molar-refractivity contribution < 1.29 is 34.3 Å². The lowest BCUT2D eigenvalue weighted by Crippen LogP contribution is -2.35. The van der Waals surface area contributed by atoms with Gasteiger partial charge in [-0.25, -0.2) is 0 Å². The molecule has 2 unspecified atom stereocenters. The molecule has 0 spiro atoms. The molecular formula is C19H22O7. The fraction of sp³-hybridized carbons (Fsp3) is 0.421. The van der Waals surface area contributed by atoms with Gasteiger partial charge in [-0.05, 0) is 35.4 Å². The number of carbonyl (C=O) groups is 1.